The molecule has 1 aliphatic rings. The van der Waals surface area contributed by atoms with Crippen molar-refractivity contribution < 1.29 is 13.9 Å². The maximum absolute atomic E-state index is 11.7. The Morgan fingerprint density at radius 3 is 2.92 bits per heavy atom. The van der Waals surface area contributed by atoms with E-state index in [1.165, 1.54) is 6.26 Å². The molecule has 0 aliphatic heterocycles. The van der Waals surface area contributed by atoms with E-state index in [0.29, 0.717) is 11.7 Å². The number of ketones is 1. The fourth-order valence-electron chi connectivity index (χ4n) is 1.47. The Morgan fingerprint density at radius 1 is 1.69 bits per heavy atom. The first kappa shape index (κ1) is 8.51. The lowest BCUT2D eigenvalue weighted by Gasteiger charge is -2.10. The van der Waals surface area contributed by atoms with Crippen molar-refractivity contribution in [3.63, 3.8) is 0 Å². The van der Waals surface area contributed by atoms with Gasteiger partial charge in [0.1, 0.15) is 6.10 Å². The lowest BCUT2D eigenvalue weighted by Crippen LogP contribution is -2.24. The number of hydrogen-bond donors (Lipinski definition) is 0. The molecule has 1 heterocycles. The van der Waals surface area contributed by atoms with Gasteiger partial charge in [0.15, 0.2) is 5.76 Å². The maximum atomic E-state index is 11.7. The normalized spacial score (nSPS) is 18.5. The third-order valence-corrected chi connectivity index (χ3v) is 2.33. The van der Waals surface area contributed by atoms with Crippen LogP contribution in [0.2, 0.25) is 0 Å². The van der Waals surface area contributed by atoms with Crippen LogP contribution in [0.15, 0.2) is 22.8 Å². The largest absolute Gasteiger partial charge is 0.461 e. The molecule has 0 saturated heterocycles. The molecule has 1 aromatic heterocycles. The second-order valence-corrected chi connectivity index (χ2v) is 3.34. The highest BCUT2D eigenvalue weighted by Gasteiger charge is 2.37. The van der Waals surface area contributed by atoms with E-state index in [2.05, 4.69) is 0 Å². The second kappa shape index (κ2) is 3.34. The summed E-state index contributed by atoms with van der Waals surface area (Å²) in [6, 6.07) is 3.39. The van der Waals surface area contributed by atoms with Gasteiger partial charge in [0.25, 0.3) is 0 Å². The fraction of sp³-hybridized carbons (Fsp3) is 0.500. The first-order valence-corrected chi connectivity index (χ1v) is 4.43. The van der Waals surface area contributed by atoms with E-state index in [1.807, 2.05) is 0 Å². The number of Topliss-reactive ketones (excluding diaryl/α,β-unsaturated/α-hetero) is 1. The molecule has 1 saturated carbocycles. The summed E-state index contributed by atoms with van der Waals surface area (Å²) in [5, 5.41) is 0. The van der Waals surface area contributed by atoms with Crippen molar-refractivity contribution >= 4 is 5.78 Å². The van der Waals surface area contributed by atoms with Crippen molar-refractivity contribution in [2.45, 2.75) is 18.9 Å². The highest BCUT2D eigenvalue weighted by atomic mass is 16.5. The van der Waals surface area contributed by atoms with Crippen LogP contribution >= 0.6 is 0 Å². The Morgan fingerprint density at radius 2 is 2.46 bits per heavy atom. The maximum Gasteiger partial charge on any atom is 0.226 e. The monoisotopic (exact) mass is 180 g/mol. The summed E-state index contributed by atoms with van der Waals surface area (Å²) >= 11 is 0. The third kappa shape index (κ3) is 1.65. The Labute approximate surface area is 76.7 Å². The Balaban J connectivity index is 2.10. The van der Waals surface area contributed by atoms with Crippen molar-refractivity contribution in [3.8, 4) is 0 Å². The van der Waals surface area contributed by atoms with Crippen LogP contribution in [0.5, 0.6) is 0 Å². The molecule has 70 valence electrons. The molecular formula is C10H12O3. The van der Waals surface area contributed by atoms with E-state index in [4.69, 9.17) is 9.15 Å². The minimum Gasteiger partial charge on any atom is -0.461 e. The van der Waals surface area contributed by atoms with Gasteiger partial charge in [-0.05, 0) is 30.9 Å². The molecule has 3 nitrogen and oxygen atoms in total. The smallest absolute Gasteiger partial charge is 0.226 e. The third-order valence-electron chi connectivity index (χ3n) is 2.33. The summed E-state index contributed by atoms with van der Waals surface area (Å²) in [7, 11) is 1.57. The number of hydrogen-bond acceptors (Lipinski definition) is 3. The van der Waals surface area contributed by atoms with Crippen LogP contribution in [-0.4, -0.2) is 19.0 Å². The summed E-state index contributed by atoms with van der Waals surface area (Å²) in [6.07, 6.45) is 3.38. The van der Waals surface area contributed by atoms with E-state index < -0.39 is 0 Å². The molecule has 0 amide bonds. The van der Waals surface area contributed by atoms with Gasteiger partial charge in [0, 0.05) is 7.11 Å². The predicted molar refractivity (Wildman–Crippen MR) is 46.6 cm³/mol. The molecule has 0 radical (unpaired) electrons. The van der Waals surface area contributed by atoms with Crippen molar-refractivity contribution in [3.05, 3.63) is 24.2 Å². The zero-order chi connectivity index (χ0) is 9.26. The number of carbonyl (C=O) groups excluding carboxylic acids is 1. The predicted octanol–water partition coefficient (Wildman–Crippen LogP) is 1.89. The van der Waals surface area contributed by atoms with Gasteiger partial charge in [-0.25, -0.2) is 0 Å². The SMILES string of the molecule is COC(C(=O)c1ccco1)C1CC1. The number of ether oxygens (including phenoxy) is 1. The lowest BCUT2D eigenvalue weighted by atomic mass is 10.1. The topological polar surface area (TPSA) is 39.4 Å². The number of methoxy groups -OCH3 is 1. The van der Waals surface area contributed by atoms with Crippen LogP contribution in [0.3, 0.4) is 0 Å². The molecule has 2 rings (SSSR count). The standard InChI is InChI=1S/C10H12O3/c1-12-10(7-4-5-7)9(11)8-3-2-6-13-8/h2-3,6-7,10H,4-5H2,1H3. The molecule has 3 heteroatoms. The lowest BCUT2D eigenvalue weighted by molar-refractivity contribution is 0.0513. The van der Waals surface area contributed by atoms with Gasteiger partial charge in [0.05, 0.1) is 6.26 Å². The summed E-state index contributed by atoms with van der Waals surface area (Å²) in [5.74, 6) is 0.774. The fourth-order valence-corrected chi connectivity index (χ4v) is 1.47. The van der Waals surface area contributed by atoms with Crippen LogP contribution in [-0.2, 0) is 4.74 Å². The van der Waals surface area contributed by atoms with E-state index >= 15 is 0 Å². The zero-order valence-corrected chi connectivity index (χ0v) is 7.53. The van der Waals surface area contributed by atoms with E-state index in [9.17, 15) is 4.79 Å². The first-order chi connectivity index (χ1) is 6.33. The molecule has 0 bridgehead atoms. The molecule has 1 atom stereocenters. The first-order valence-electron chi connectivity index (χ1n) is 4.43. The van der Waals surface area contributed by atoms with Crippen LogP contribution in [0.4, 0.5) is 0 Å². The van der Waals surface area contributed by atoms with Gasteiger partial charge in [-0.1, -0.05) is 0 Å². The molecule has 1 unspecified atom stereocenters. The molecule has 0 aromatic carbocycles. The van der Waals surface area contributed by atoms with Crippen LogP contribution in [0, 0.1) is 5.92 Å². The summed E-state index contributed by atoms with van der Waals surface area (Å²) in [6.45, 7) is 0. The quantitative estimate of drug-likeness (QED) is 0.664. The highest BCUT2D eigenvalue weighted by Crippen LogP contribution is 2.35. The summed E-state index contributed by atoms with van der Waals surface area (Å²) < 4.78 is 10.2. The average Bonchev–Trinajstić information content (AvgIpc) is 2.83. The summed E-state index contributed by atoms with van der Waals surface area (Å²) in [5.41, 5.74) is 0. The van der Waals surface area contributed by atoms with Gasteiger partial charge in [0.2, 0.25) is 5.78 Å². The van der Waals surface area contributed by atoms with Gasteiger partial charge >= 0.3 is 0 Å². The molecule has 1 fully saturated rings. The van der Waals surface area contributed by atoms with Crippen molar-refractivity contribution in [2.24, 2.45) is 5.92 Å². The number of rotatable bonds is 4. The number of furan rings is 1. The van der Waals surface area contributed by atoms with E-state index in [-0.39, 0.29) is 11.9 Å². The minimum atomic E-state index is -0.300. The second-order valence-electron chi connectivity index (χ2n) is 3.34. The minimum absolute atomic E-state index is 0.0324. The van der Waals surface area contributed by atoms with Crippen molar-refractivity contribution in [1.82, 2.24) is 0 Å². The van der Waals surface area contributed by atoms with Gasteiger partial charge < -0.3 is 9.15 Å². The van der Waals surface area contributed by atoms with Gasteiger partial charge in [-0.15, -0.1) is 0 Å². The molecule has 13 heavy (non-hydrogen) atoms. The van der Waals surface area contributed by atoms with Crippen molar-refractivity contribution in [2.75, 3.05) is 7.11 Å². The van der Waals surface area contributed by atoms with E-state index in [1.54, 1.807) is 19.2 Å². The van der Waals surface area contributed by atoms with Gasteiger partial charge in [-0.3, -0.25) is 4.79 Å². The van der Waals surface area contributed by atoms with E-state index in [0.717, 1.165) is 12.8 Å². The average molecular weight is 180 g/mol. The van der Waals surface area contributed by atoms with Crippen LogP contribution in [0.25, 0.3) is 0 Å². The van der Waals surface area contributed by atoms with Crippen molar-refractivity contribution in [1.29, 1.82) is 0 Å². The van der Waals surface area contributed by atoms with Crippen LogP contribution < -0.4 is 0 Å². The molecule has 1 aromatic rings. The zero-order valence-electron chi connectivity index (χ0n) is 7.53. The van der Waals surface area contributed by atoms with Gasteiger partial charge in [-0.2, -0.15) is 0 Å². The molecule has 0 spiro atoms. The Bertz CT molecular complexity index is 285. The van der Waals surface area contributed by atoms with Crippen LogP contribution in [0.1, 0.15) is 23.4 Å². The molecule has 1 aliphatic carbocycles. The molecule has 0 N–H and O–H groups in total. The molecular weight excluding hydrogens is 168 g/mol. The number of carbonyl (C=O) groups is 1. The Hall–Kier alpha value is -1.09. The Kier molecular flexibility index (Phi) is 2.19. The summed E-state index contributed by atoms with van der Waals surface area (Å²) in [4.78, 5) is 11.7. The highest BCUT2D eigenvalue weighted by molar-refractivity contribution is 5.97.